The molecule has 0 radical (unpaired) electrons. The third-order valence-electron chi connectivity index (χ3n) is 2.25. The van der Waals surface area contributed by atoms with Crippen molar-refractivity contribution in [2.75, 3.05) is 6.79 Å². The molecule has 17 heavy (non-hydrogen) atoms. The average molecular weight is 293 g/mol. The van der Waals surface area contributed by atoms with E-state index in [1.54, 1.807) is 0 Å². The van der Waals surface area contributed by atoms with Gasteiger partial charge in [0.15, 0.2) is 6.79 Å². The van der Waals surface area contributed by atoms with Crippen molar-refractivity contribution < 1.29 is 9.47 Å². The Bertz CT molecular complexity index is 457. The van der Waals surface area contributed by atoms with Crippen LogP contribution in [0.3, 0.4) is 0 Å². The summed E-state index contributed by atoms with van der Waals surface area (Å²) in [6, 6.07) is 17.7. The van der Waals surface area contributed by atoms with E-state index < -0.39 is 0 Å². The molecule has 2 rings (SSSR count). The van der Waals surface area contributed by atoms with Crippen LogP contribution in [-0.4, -0.2) is 6.79 Å². The maximum absolute atomic E-state index is 5.49. The van der Waals surface area contributed by atoms with Crippen LogP contribution in [0.25, 0.3) is 0 Å². The third kappa shape index (κ3) is 3.88. The lowest BCUT2D eigenvalue weighted by atomic mass is 10.2. The summed E-state index contributed by atoms with van der Waals surface area (Å²) < 4.78 is 11.9. The molecule has 0 saturated heterocycles. The Kier molecular flexibility index (Phi) is 4.59. The van der Waals surface area contributed by atoms with E-state index in [1.807, 2.05) is 54.6 Å². The molecule has 0 fully saturated rings. The molecular weight excluding hydrogens is 280 g/mol. The number of hydrogen-bond acceptors (Lipinski definition) is 2. The van der Waals surface area contributed by atoms with Crippen LogP contribution in [0.15, 0.2) is 59.1 Å². The lowest BCUT2D eigenvalue weighted by Crippen LogP contribution is -2.03. The number of halogens is 1. The van der Waals surface area contributed by atoms with Gasteiger partial charge in [-0.05, 0) is 33.6 Å². The fourth-order valence-corrected chi connectivity index (χ4v) is 1.80. The Hall–Kier alpha value is -1.32. The Balaban J connectivity index is 1.76. The van der Waals surface area contributed by atoms with E-state index in [0.717, 1.165) is 15.8 Å². The number of ether oxygens (including phenoxy) is 2. The van der Waals surface area contributed by atoms with Crippen molar-refractivity contribution >= 4 is 15.9 Å². The molecule has 0 saturated carbocycles. The molecule has 0 atom stereocenters. The zero-order chi connectivity index (χ0) is 11.9. The molecule has 2 nitrogen and oxygen atoms in total. The van der Waals surface area contributed by atoms with Gasteiger partial charge in [0.05, 0.1) is 11.1 Å². The molecule has 3 heteroatoms. The minimum atomic E-state index is 0.248. The van der Waals surface area contributed by atoms with Crippen molar-refractivity contribution in [1.29, 1.82) is 0 Å². The van der Waals surface area contributed by atoms with Crippen LogP contribution in [0.2, 0.25) is 0 Å². The van der Waals surface area contributed by atoms with Gasteiger partial charge in [-0.3, -0.25) is 0 Å². The lowest BCUT2D eigenvalue weighted by Gasteiger charge is -2.08. The highest BCUT2D eigenvalue weighted by molar-refractivity contribution is 9.10. The molecule has 0 heterocycles. The molecule has 0 N–H and O–H groups in total. The topological polar surface area (TPSA) is 18.5 Å². The summed E-state index contributed by atoms with van der Waals surface area (Å²) in [5, 5.41) is 0. The number of benzene rings is 2. The highest BCUT2D eigenvalue weighted by Gasteiger charge is 1.98. The second-order valence-corrected chi connectivity index (χ2v) is 4.38. The minimum Gasteiger partial charge on any atom is -0.466 e. The zero-order valence-corrected chi connectivity index (χ0v) is 10.9. The molecule has 0 unspecified atom stereocenters. The molecular formula is C14H13BrO2. The van der Waals surface area contributed by atoms with E-state index in [0.29, 0.717) is 6.61 Å². The zero-order valence-electron chi connectivity index (χ0n) is 9.30. The predicted molar refractivity (Wildman–Crippen MR) is 70.9 cm³/mol. The van der Waals surface area contributed by atoms with Crippen LogP contribution < -0.4 is 4.74 Å². The first-order valence-electron chi connectivity index (χ1n) is 5.35. The fourth-order valence-electron chi connectivity index (χ4n) is 1.40. The largest absolute Gasteiger partial charge is 0.466 e. The first-order valence-corrected chi connectivity index (χ1v) is 6.14. The lowest BCUT2D eigenvalue weighted by molar-refractivity contribution is 0.00464. The van der Waals surface area contributed by atoms with Gasteiger partial charge in [0, 0.05) is 0 Å². The molecule has 88 valence electrons. The van der Waals surface area contributed by atoms with Crippen molar-refractivity contribution in [2.45, 2.75) is 6.61 Å². The molecule has 0 aromatic heterocycles. The van der Waals surface area contributed by atoms with Crippen molar-refractivity contribution in [2.24, 2.45) is 0 Å². The summed E-state index contributed by atoms with van der Waals surface area (Å²) in [5.41, 5.74) is 1.14. The summed E-state index contributed by atoms with van der Waals surface area (Å²) in [7, 11) is 0. The third-order valence-corrected chi connectivity index (χ3v) is 2.90. The van der Waals surface area contributed by atoms with Crippen molar-refractivity contribution in [3.8, 4) is 5.75 Å². The van der Waals surface area contributed by atoms with Crippen LogP contribution >= 0.6 is 15.9 Å². The van der Waals surface area contributed by atoms with Crippen LogP contribution in [-0.2, 0) is 11.3 Å². The summed E-state index contributed by atoms with van der Waals surface area (Å²) >= 11 is 3.41. The van der Waals surface area contributed by atoms with E-state index in [-0.39, 0.29) is 6.79 Å². The van der Waals surface area contributed by atoms with Crippen LogP contribution in [0.1, 0.15) is 5.56 Å². The highest BCUT2D eigenvalue weighted by atomic mass is 79.9. The van der Waals surface area contributed by atoms with Gasteiger partial charge >= 0.3 is 0 Å². The predicted octanol–water partition coefficient (Wildman–Crippen LogP) is 4.00. The Morgan fingerprint density at radius 1 is 0.882 bits per heavy atom. The quantitative estimate of drug-likeness (QED) is 0.612. The maximum atomic E-state index is 5.49. The Labute approximate surface area is 109 Å². The second kappa shape index (κ2) is 6.42. The second-order valence-electron chi connectivity index (χ2n) is 3.53. The van der Waals surface area contributed by atoms with E-state index in [1.165, 1.54) is 0 Å². The van der Waals surface area contributed by atoms with Crippen molar-refractivity contribution in [3.63, 3.8) is 0 Å². The smallest absolute Gasteiger partial charge is 0.189 e. The molecule has 0 aliphatic carbocycles. The molecule has 0 spiro atoms. The fraction of sp³-hybridized carbons (Fsp3) is 0.143. The molecule has 0 amide bonds. The van der Waals surface area contributed by atoms with Gasteiger partial charge in [0.1, 0.15) is 5.75 Å². The summed E-state index contributed by atoms with van der Waals surface area (Å²) in [6.45, 7) is 0.808. The van der Waals surface area contributed by atoms with E-state index in [2.05, 4.69) is 15.9 Å². The molecule has 0 bridgehead atoms. The number of hydrogen-bond donors (Lipinski definition) is 0. The van der Waals surface area contributed by atoms with Gasteiger partial charge in [-0.25, -0.2) is 0 Å². The average Bonchev–Trinajstić information content (AvgIpc) is 2.38. The standard InChI is InChI=1S/C14H13BrO2/c15-13-8-4-5-9-14(13)17-11-16-10-12-6-2-1-3-7-12/h1-9H,10-11H2. The Morgan fingerprint density at radius 2 is 1.59 bits per heavy atom. The number of rotatable bonds is 5. The minimum absolute atomic E-state index is 0.248. The van der Waals surface area contributed by atoms with E-state index in [9.17, 15) is 0 Å². The summed E-state index contributed by atoms with van der Waals surface area (Å²) in [4.78, 5) is 0. The van der Waals surface area contributed by atoms with E-state index >= 15 is 0 Å². The van der Waals surface area contributed by atoms with Crippen molar-refractivity contribution in [3.05, 3.63) is 64.6 Å². The summed E-state index contributed by atoms with van der Waals surface area (Å²) in [5.74, 6) is 0.792. The maximum Gasteiger partial charge on any atom is 0.189 e. The van der Waals surface area contributed by atoms with E-state index in [4.69, 9.17) is 9.47 Å². The highest BCUT2D eigenvalue weighted by Crippen LogP contribution is 2.23. The normalized spacial score (nSPS) is 10.2. The SMILES string of the molecule is Brc1ccccc1OCOCc1ccccc1. The van der Waals surface area contributed by atoms with Gasteiger partial charge in [-0.1, -0.05) is 42.5 Å². The van der Waals surface area contributed by atoms with Crippen molar-refractivity contribution in [1.82, 2.24) is 0 Å². The molecule has 0 aliphatic heterocycles. The van der Waals surface area contributed by atoms with Gasteiger partial charge < -0.3 is 9.47 Å². The summed E-state index contributed by atoms with van der Waals surface area (Å²) in [6.07, 6.45) is 0. The first-order chi connectivity index (χ1) is 8.36. The van der Waals surface area contributed by atoms with Crippen LogP contribution in [0.5, 0.6) is 5.75 Å². The van der Waals surface area contributed by atoms with Crippen LogP contribution in [0, 0.1) is 0 Å². The van der Waals surface area contributed by atoms with Gasteiger partial charge in [0.25, 0.3) is 0 Å². The molecule has 0 aliphatic rings. The monoisotopic (exact) mass is 292 g/mol. The molecule has 2 aromatic carbocycles. The van der Waals surface area contributed by atoms with Crippen LogP contribution in [0.4, 0.5) is 0 Å². The number of para-hydroxylation sites is 1. The first kappa shape index (κ1) is 12.1. The van der Waals surface area contributed by atoms with Gasteiger partial charge in [-0.15, -0.1) is 0 Å². The van der Waals surface area contributed by atoms with Gasteiger partial charge in [0.2, 0.25) is 0 Å². The molecule has 2 aromatic rings. The van der Waals surface area contributed by atoms with Gasteiger partial charge in [-0.2, -0.15) is 0 Å². The Morgan fingerprint density at radius 3 is 2.35 bits per heavy atom.